The number of carbonyl (C=O) groups excluding carboxylic acids is 1. The van der Waals surface area contributed by atoms with Gasteiger partial charge in [0.15, 0.2) is 6.29 Å². The molecule has 0 atom stereocenters. The lowest BCUT2D eigenvalue weighted by molar-refractivity contribution is 0.112. The van der Waals surface area contributed by atoms with Crippen LogP contribution in [0.1, 0.15) is 22.8 Å². The predicted molar refractivity (Wildman–Crippen MR) is 77.8 cm³/mol. The molecule has 19 heavy (non-hydrogen) atoms. The van der Waals surface area contributed by atoms with Gasteiger partial charge >= 0.3 is 0 Å². The Kier molecular flexibility index (Phi) is 4.53. The summed E-state index contributed by atoms with van der Waals surface area (Å²) in [5.74, 6) is 0. The summed E-state index contributed by atoms with van der Waals surface area (Å²) in [5, 5.41) is 0.598. The molecule has 0 aliphatic heterocycles. The third kappa shape index (κ3) is 3.12. The van der Waals surface area contributed by atoms with Crippen molar-refractivity contribution in [3.05, 3.63) is 58.9 Å². The number of benzene rings is 1. The molecule has 1 aromatic heterocycles. The lowest BCUT2D eigenvalue weighted by atomic mass is 10.1. The number of nitrogens with zero attached hydrogens (tertiary/aromatic N) is 2. The van der Waals surface area contributed by atoms with Gasteiger partial charge in [-0.3, -0.25) is 9.78 Å². The highest BCUT2D eigenvalue weighted by Crippen LogP contribution is 2.30. The van der Waals surface area contributed by atoms with E-state index in [4.69, 9.17) is 11.6 Å². The topological polar surface area (TPSA) is 33.2 Å². The SMILES string of the molecule is CCN(Cc1ccncc1)c1c(Cl)cccc1C=O. The first-order chi connectivity index (χ1) is 9.26. The average Bonchev–Trinajstić information content (AvgIpc) is 2.46. The van der Waals surface area contributed by atoms with E-state index in [0.717, 1.165) is 24.1 Å². The Morgan fingerprint density at radius 1 is 1.26 bits per heavy atom. The van der Waals surface area contributed by atoms with Crippen LogP contribution in [0.2, 0.25) is 5.02 Å². The van der Waals surface area contributed by atoms with E-state index in [1.54, 1.807) is 30.6 Å². The molecule has 2 aromatic rings. The fourth-order valence-corrected chi connectivity index (χ4v) is 2.32. The molecular formula is C15H15ClN2O. The van der Waals surface area contributed by atoms with Gasteiger partial charge in [0.2, 0.25) is 0 Å². The Morgan fingerprint density at radius 3 is 2.63 bits per heavy atom. The van der Waals surface area contributed by atoms with E-state index in [2.05, 4.69) is 9.88 Å². The summed E-state index contributed by atoms with van der Waals surface area (Å²) in [7, 11) is 0. The highest BCUT2D eigenvalue weighted by atomic mass is 35.5. The number of aromatic nitrogens is 1. The number of rotatable bonds is 5. The standard InChI is InChI=1S/C15H15ClN2O/c1-2-18(10-12-6-8-17-9-7-12)15-13(11-19)4-3-5-14(15)16/h3-9,11H,2,10H2,1H3. The van der Waals surface area contributed by atoms with Crippen LogP contribution in [-0.2, 0) is 6.54 Å². The molecule has 1 heterocycles. The van der Waals surface area contributed by atoms with Crippen molar-refractivity contribution in [3.8, 4) is 0 Å². The van der Waals surface area contributed by atoms with Gasteiger partial charge in [0.05, 0.1) is 10.7 Å². The van der Waals surface area contributed by atoms with Crippen molar-refractivity contribution < 1.29 is 4.79 Å². The minimum Gasteiger partial charge on any atom is -0.366 e. The van der Waals surface area contributed by atoms with E-state index in [9.17, 15) is 4.79 Å². The Hall–Kier alpha value is -1.87. The zero-order valence-corrected chi connectivity index (χ0v) is 11.5. The zero-order chi connectivity index (χ0) is 13.7. The Labute approximate surface area is 117 Å². The van der Waals surface area contributed by atoms with Crippen LogP contribution in [0.5, 0.6) is 0 Å². The lowest BCUT2D eigenvalue weighted by Gasteiger charge is -2.25. The number of aldehydes is 1. The van der Waals surface area contributed by atoms with Crippen molar-refractivity contribution in [1.29, 1.82) is 0 Å². The molecule has 98 valence electrons. The molecule has 1 aromatic carbocycles. The van der Waals surface area contributed by atoms with Crippen molar-refractivity contribution >= 4 is 23.6 Å². The second-order valence-corrected chi connectivity index (χ2v) is 4.57. The molecule has 0 saturated carbocycles. The quantitative estimate of drug-likeness (QED) is 0.782. The Bertz CT molecular complexity index is 557. The van der Waals surface area contributed by atoms with Gasteiger partial charge < -0.3 is 4.90 Å². The van der Waals surface area contributed by atoms with Gasteiger partial charge in [0.25, 0.3) is 0 Å². The molecule has 0 amide bonds. The van der Waals surface area contributed by atoms with Crippen molar-refractivity contribution in [2.45, 2.75) is 13.5 Å². The molecule has 0 bridgehead atoms. The van der Waals surface area contributed by atoms with Crippen LogP contribution in [0.4, 0.5) is 5.69 Å². The number of para-hydroxylation sites is 1. The highest BCUT2D eigenvalue weighted by Gasteiger charge is 2.13. The third-order valence-electron chi connectivity index (χ3n) is 2.97. The van der Waals surface area contributed by atoms with Gasteiger partial charge in [0.1, 0.15) is 0 Å². The van der Waals surface area contributed by atoms with Crippen molar-refractivity contribution in [2.75, 3.05) is 11.4 Å². The first-order valence-corrected chi connectivity index (χ1v) is 6.51. The first kappa shape index (κ1) is 13.6. The van der Waals surface area contributed by atoms with E-state index in [1.807, 2.05) is 19.1 Å². The van der Waals surface area contributed by atoms with E-state index in [0.29, 0.717) is 17.1 Å². The van der Waals surface area contributed by atoms with Gasteiger partial charge in [-0.05, 0) is 36.8 Å². The third-order valence-corrected chi connectivity index (χ3v) is 3.27. The maximum absolute atomic E-state index is 11.2. The van der Waals surface area contributed by atoms with E-state index < -0.39 is 0 Å². The molecule has 0 radical (unpaired) electrons. The molecule has 0 unspecified atom stereocenters. The number of carbonyl (C=O) groups is 1. The second-order valence-electron chi connectivity index (χ2n) is 4.17. The number of pyridine rings is 1. The summed E-state index contributed by atoms with van der Waals surface area (Å²) in [6, 6.07) is 9.29. The van der Waals surface area contributed by atoms with Crippen molar-refractivity contribution in [2.24, 2.45) is 0 Å². The number of anilines is 1. The normalized spacial score (nSPS) is 10.2. The second kappa shape index (κ2) is 6.34. The highest BCUT2D eigenvalue weighted by molar-refractivity contribution is 6.33. The molecule has 3 nitrogen and oxygen atoms in total. The van der Waals surface area contributed by atoms with Crippen molar-refractivity contribution in [3.63, 3.8) is 0 Å². The molecular weight excluding hydrogens is 260 g/mol. The maximum Gasteiger partial charge on any atom is 0.152 e. The van der Waals surface area contributed by atoms with Crippen LogP contribution in [0.3, 0.4) is 0 Å². The molecule has 0 N–H and O–H groups in total. The fourth-order valence-electron chi connectivity index (χ4n) is 2.02. The monoisotopic (exact) mass is 274 g/mol. The van der Waals surface area contributed by atoms with Gasteiger partial charge in [-0.1, -0.05) is 17.7 Å². The minimum atomic E-state index is 0.598. The number of halogens is 1. The number of hydrogen-bond acceptors (Lipinski definition) is 3. The van der Waals surface area contributed by atoms with E-state index in [1.165, 1.54) is 0 Å². The fraction of sp³-hybridized carbons (Fsp3) is 0.200. The van der Waals surface area contributed by atoms with Gasteiger partial charge in [0, 0.05) is 31.0 Å². The zero-order valence-electron chi connectivity index (χ0n) is 10.7. The Morgan fingerprint density at radius 2 is 2.00 bits per heavy atom. The smallest absolute Gasteiger partial charge is 0.152 e. The van der Waals surface area contributed by atoms with Crippen LogP contribution in [-0.4, -0.2) is 17.8 Å². The van der Waals surface area contributed by atoms with Crippen molar-refractivity contribution in [1.82, 2.24) is 4.98 Å². The van der Waals surface area contributed by atoms with E-state index >= 15 is 0 Å². The molecule has 0 spiro atoms. The van der Waals surface area contributed by atoms with Gasteiger partial charge in [-0.25, -0.2) is 0 Å². The van der Waals surface area contributed by atoms with Gasteiger partial charge in [-0.15, -0.1) is 0 Å². The predicted octanol–water partition coefficient (Wildman–Crippen LogP) is 3.57. The molecule has 0 fully saturated rings. The first-order valence-electron chi connectivity index (χ1n) is 6.13. The molecule has 4 heteroatoms. The van der Waals surface area contributed by atoms with E-state index in [-0.39, 0.29) is 0 Å². The molecule has 0 aliphatic rings. The number of hydrogen-bond donors (Lipinski definition) is 0. The van der Waals surface area contributed by atoms with Crippen LogP contribution < -0.4 is 4.90 Å². The average molecular weight is 275 g/mol. The summed E-state index contributed by atoms with van der Waals surface area (Å²) in [5.41, 5.74) is 2.54. The molecule has 2 rings (SSSR count). The summed E-state index contributed by atoms with van der Waals surface area (Å²) in [4.78, 5) is 17.2. The van der Waals surface area contributed by atoms with Crippen LogP contribution >= 0.6 is 11.6 Å². The van der Waals surface area contributed by atoms with Crippen LogP contribution in [0, 0.1) is 0 Å². The van der Waals surface area contributed by atoms with Crippen LogP contribution in [0.25, 0.3) is 0 Å². The minimum absolute atomic E-state index is 0.598. The summed E-state index contributed by atoms with van der Waals surface area (Å²) in [6.07, 6.45) is 4.36. The summed E-state index contributed by atoms with van der Waals surface area (Å²) in [6.45, 7) is 3.51. The molecule has 0 aliphatic carbocycles. The van der Waals surface area contributed by atoms with Crippen LogP contribution in [0.15, 0.2) is 42.7 Å². The maximum atomic E-state index is 11.2. The summed E-state index contributed by atoms with van der Waals surface area (Å²) < 4.78 is 0. The molecule has 0 saturated heterocycles. The lowest BCUT2D eigenvalue weighted by Crippen LogP contribution is -2.23. The largest absolute Gasteiger partial charge is 0.366 e. The van der Waals surface area contributed by atoms with Gasteiger partial charge in [-0.2, -0.15) is 0 Å². The Balaban J connectivity index is 2.35. The summed E-state index contributed by atoms with van der Waals surface area (Å²) >= 11 is 6.23.